The molecule has 4 aromatic rings. The molecule has 0 unspecified atom stereocenters. The first-order chi connectivity index (χ1) is 16.8. The first kappa shape index (κ1) is 24.9. The van der Waals surface area contributed by atoms with Crippen molar-refractivity contribution in [2.75, 3.05) is 11.4 Å². The Balaban J connectivity index is 1.49. The minimum absolute atomic E-state index is 0.670. The van der Waals surface area contributed by atoms with E-state index >= 15 is 0 Å². The van der Waals surface area contributed by atoms with Gasteiger partial charge in [-0.1, -0.05) is 43.0 Å². The quantitative estimate of drug-likeness (QED) is 0.269. The summed E-state index contributed by atoms with van der Waals surface area (Å²) in [6.07, 6.45) is 7.55. The minimum atomic E-state index is -0.912. The van der Waals surface area contributed by atoms with Gasteiger partial charge in [-0.2, -0.15) is 5.10 Å². The number of carboxylic acid groups (broad SMARTS) is 1. The van der Waals surface area contributed by atoms with E-state index in [1.165, 1.54) is 28.7 Å². The van der Waals surface area contributed by atoms with Crippen LogP contribution >= 0.6 is 23.1 Å². The number of aryl methyl sites for hydroxylation is 1. The molecule has 0 radical (unpaired) electrons. The predicted molar refractivity (Wildman–Crippen MR) is 142 cm³/mol. The molecule has 9 heteroatoms. The van der Waals surface area contributed by atoms with E-state index in [2.05, 4.69) is 34.0 Å². The third kappa shape index (κ3) is 6.49. The lowest BCUT2D eigenvalue weighted by molar-refractivity contribution is -0.138. The summed E-state index contributed by atoms with van der Waals surface area (Å²) in [6.45, 7) is 6.91. The number of anilines is 1. The van der Waals surface area contributed by atoms with Crippen molar-refractivity contribution < 1.29 is 9.90 Å². The molecule has 0 bridgehead atoms. The zero-order chi connectivity index (χ0) is 24.8. The molecular weight excluding hydrogens is 478 g/mol. The number of hydrogen-bond acceptors (Lipinski definition) is 7. The number of hydrogen-bond donors (Lipinski definition) is 1. The Kier molecular flexibility index (Phi) is 7.87. The number of pyridine rings is 1. The van der Waals surface area contributed by atoms with Crippen molar-refractivity contribution in [3.8, 4) is 5.69 Å². The van der Waals surface area contributed by atoms with Crippen LogP contribution < -0.4 is 4.90 Å². The Morgan fingerprint density at radius 1 is 1.14 bits per heavy atom. The van der Waals surface area contributed by atoms with Crippen molar-refractivity contribution in [1.82, 2.24) is 19.7 Å². The molecule has 0 saturated heterocycles. The summed E-state index contributed by atoms with van der Waals surface area (Å²) in [4.78, 5) is 23.1. The molecule has 7 nitrogen and oxygen atoms in total. The van der Waals surface area contributed by atoms with Crippen molar-refractivity contribution in [1.29, 1.82) is 0 Å². The van der Waals surface area contributed by atoms with E-state index in [1.54, 1.807) is 13.8 Å². The van der Waals surface area contributed by atoms with Crippen LogP contribution in [0.4, 0.5) is 5.82 Å². The van der Waals surface area contributed by atoms with Gasteiger partial charge in [0, 0.05) is 42.8 Å². The molecule has 0 aliphatic heterocycles. The molecule has 3 aromatic heterocycles. The number of nitrogens with zero attached hydrogens (tertiary/aromatic N) is 5. The van der Waals surface area contributed by atoms with E-state index in [1.807, 2.05) is 59.0 Å². The maximum absolute atomic E-state index is 11.5. The van der Waals surface area contributed by atoms with E-state index in [0.717, 1.165) is 46.5 Å². The van der Waals surface area contributed by atoms with Gasteiger partial charge in [0.25, 0.3) is 0 Å². The van der Waals surface area contributed by atoms with Crippen molar-refractivity contribution in [2.45, 2.75) is 49.2 Å². The average Bonchev–Trinajstić information content (AvgIpc) is 3.51. The van der Waals surface area contributed by atoms with Crippen molar-refractivity contribution in [2.24, 2.45) is 0 Å². The molecule has 0 amide bonds. The Bertz CT molecular complexity index is 1250. The normalized spacial score (nSPS) is 11.5. The van der Waals surface area contributed by atoms with Gasteiger partial charge in [-0.15, -0.1) is 11.3 Å². The average molecular weight is 508 g/mol. The summed E-state index contributed by atoms with van der Waals surface area (Å²) in [7, 11) is 0. The van der Waals surface area contributed by atoms with Crippen molar-refractivity contribution >= 4 is 34.9 Å². The molecule has 3 heterocycles. The largest absolute Gasteiger partial charge is 0.480 e. The fraction of sp³-hybridized carbons (Fsp3) is 0.308. The van der Waals surface area contributed by atoms with Crippen LogP contribution in [0.1, 0.15) is 37.6 Å². The van der Waals surface area contributed by atoms with Crippen LogP contribution in [0.15, 0.2) is 70.8 Å². The van der Waals surface area contributed by atoms with E-state index in [-0.39, 0.29) is 0 Å². The van der Waals surface area contributed by atoms with Gasteiger partial charge in [0.2, 0.25) is 0 Å². The van der Waals surface area contributed by atoms with Gasteiger partial charge < -0.3 is 10.0 Å². The second-order valence-electron chi connectivity index (χ2n) is 8.70. The summed E-state index contributed by atoms with van der Waals surface area (Å²) in [6, 6.07) is 14.2. The zero-order valence-corrected chi connectivity index (χ0v) is 21.7. The second kappa shape index (κ2) is 11.0. The topological polar surface area (TPSA) is 84.1 Å². The van der Waals surface area contributed by atoms with Crippen LogP contribution in [-0.4, -0.2) is 42.1 Å². The number of aromatic nitrogens is 4. The molecule has 0 saturated carbocycles. The Hall–Kier alpha value is -3.17. The number of thiazole rings is 1. The molecule has 4 rings (SSSR count). The molecule has 0 atom stereocenters. The summed E-state index contributed by atoms with van der Waals surface area (Å²) in [5, 5.41) is 16.0. The molecular formula is C26H29N5O2S2. The molecule has 0 spiro atoms. The zero-order valence-electron chi connectivity index (χ0n) is 20.1. The van der Waals surface area contributed by atoms with Gasteiger partial charge in [0.05, 0.1) is 17.6 Å². The molecule has 1 N–H and O–H groups in total. The van der Waals surface area contributed by atoms with Gasteiger partial charge in [-0.3, -0.25) is 4.79 Å². The lowest BCUT2D eigenvalue weighted by atomic mass is 10.2. The standard InChI is InChI=1S/C26H29N5O2S2/c1-4-19-10-11-23(27-14-19)30(16-20-15-28-31(17-20)22-8-6-5-7-9-22)13-12-21-18-34-25(29-21)35-26(2,3)24(32)33/h5-11,14-15,17-18H,4,12-13,16H2,1-3H3,(H,32,33). The highest BCUT2D eigenvalue weighted by atomic mass is 32.2. The lowest BCUT2D eigenvalue weighted by Crippen LogP contribution is -2.27. The number of rotatable bonds is 11. The van der Waals surface area contributed by atoms with Crippen LogP contribution in [0.2, 0.25) is 0 Å². The summed E-state index contributed by atoms with van der Waals surface area (Å²) in [5.41, 5.74) is 4.27. The van der Waals surface area contributed by atoms with Gasteiger partial charge in [0.1, 0.15) is 10.6 Å². The minimum Gasteiger partial charge on any atom is -0.480 e. The highest BCUT2D eigenvalue weighted by Crippen LogP contribution is 2.34. The van der Waals surface area contributed by atoms with Crippen LogP contribution in [-0.2, 0) is 24.2 Å². The van der Waals surface area contributed by atoms with Gasteiger partial charge >= 0.3 is 5.97 Å². The fourth-order valence-electron chi connectivity index (χ4n) is 3.43. The molecule has 182 valence electrons. The summed E-state index contributed by atoms with van der Waals surface area (Å²) >= 11 is 2.78. The van der Waals surface area contributed by atoms with E-state index < -0.39 is 10.7 Å². The van der Waals surface area contributed by atoms with Crippen LogP contribution in [0.5, 0.6) is 0 Å². The second-order valence-corrected chi connectivity index (χ2v) is 11.4. The number of para-hydroxylation sites is 1. The van der Waals surface area contributed by atoms with Gasteiger partial charge in [-0.05, 0) is 44.0 Å². The van der Waals surface area contributed by atoms with Crippen LogP contribution in [0.3, 0.4) is 0 Å². The summed E-state index contributed by atoms with van der Waals surface area (Å²) in [5.74, 6) is 0.0644. The molecule has 0 aliphatic carbocycles. The Morgan fingerprint density at radius 3 is 2.63 bits per heavy atom. The molecule has 0 aliphatic rings. The molecule has 1 aromatic carbocycles. The predicted octanol–water partition coefficient (Wildman–Crippen LogP) is 5.49. The van der Waals surface area contributed by atoms with E-state index in [0.29, 0.717) is 6.54 Å². The smallest absolute Gasteiger partial charge is 0.319 e. The lowest BCUT2D eigenvalue weighted by Gasteiger charge is -2.23. The summed E-state index contributed by atoms with van der Waals surface area (Å²) < 4.78 is 1.74. The first-order valence-electron chi connectivity index (χ1n) is 11.5. The fourth-order valence-corrected chi connectivity index (χ4v) is 5.66. The maximum Gasteiger partial charge on any atom is 0.319 e. The molecule has 35 heavy (non-hydrogen) atoms. The maximum atomic E-state index is 11.5. The number of benzene rings is 1. The Morgan fingerprint density at radius 2 is 1.94 bits per heavy atom. The first-order valence-corrected chi connectivity index (χ1v) is 13.2. The highest BCUT2D eigenvalue weighted by Gasteiger charge is 2.29. The SMILES string of the molecule is CCc1ccc(N(CCc2csc(SC(C)(C)C(=O)O)n2)Cc2cnn(-c3ccccc3)c2)nc1. The van der Waals surface area contributed by atoms with Gasteiger partial charge in [-0.25, -0.2) is 14.6 Å². The van der Waals surface area contributed by atoms with Crippen molar-refractivity contribution in [3.05, 3.63) is 83.3 Å². The molecule has 0 fully saturated rings. The number of aliphatic carboxylic acids is 1. The van der Waals surface area contributed by atoms with Crippen LogP contribution in [0, 0.1) is 0 Å². The van der Waals surface area contributed by atoms with Gasteiger partial charge in [0.15, 0.2) is 4.34 Å². The number of thioether (sulfide) groups is 1. The highest BCUT2D eigenvalue weighted by molar-refractivity contribution is 8.03. The number of carboxylic acids is 1. The van der Waals surface area contributed by atoms with Crippen molar-refractivity contribution in [3.63, 3.8) is 0 Å². The van der Waals surface area contributed by atoms with Crippen LogP contribution in [0.25, 0.3) is 5.69 Å². The Labute approximate surface area is 213 Å². The van der Waals surface area contributed by atoms with E-state index in [4.69, 9.17) is 4.98 Å². The number of carbonyl (C=O) groups is 1. The monoisotopic (exact) mass is 507 g/mol. The third-order valence-corrected chi connectivity index (χ3v) is 7.77. The van der Waals surface area contributed by atoms with E-state index in [9.17, 15) is 9.90 Å². The third-order valence-electron chi connectivity index (χ3n) is 5.60.